The molecule has 1 unspecified atom stereocenters. The lowest BCUT2D eigenvalue weighted by molar-refractivity contribution is -0.154. The molecule has 2 aromatic carbocycles. The van der Waals surface area contributed by atoms with Crippen molar-refractivity contribution in [3.63, 3.8) is 0 Å². The highest BCUT2D eigenvalue weighted by Crippen LogP contribution is 2.45. The third kappa shape index (κ3) is 3.92. The minimum Gasteiger partial charge on any atom is -0.450 e. The highest BCUT2D eigenvalue weighted by molar-refractivity contribution is 7.92. The van der Waals surface area contributed by atoms with Gasteiger partial charge < -0.3 is 4.74 Å². The molecule has 2 aliphatic rings. The maximum absolute atomic E-state index is 13.3. The Morgan fingerprint density at radius 1 is 1.09 bits per heavy atom. The molecule has 2 fully saturated rings. The number of ketones is 1. The average molecular weight is 476 g/mol. The van der Waals surface area contributed by atoms with Crippen LogP contribution in [0.25, 0.3) is 11.1 Å². The zero-order chi connectivity index (χ0) is 23.3. The van der Waals surface area contributed by atoms with Gasteiger partial charge in [-0.05, 0) is 73.6 Å². The molecule has 8 heteroatoms. The number of Topliss-reactive ketones (excluding diaryl/α,β-unsaturated/α-hetero) is 1. The van der Waals surface area contributed by atoms with Gasteiger partial charge in [-0.1, -0.05) is 30.2 Å². The molecule has 170 valence electrons. The molecule has 1 saturated carbocycles. The van der Waals surface area contributed by atoms with E-state index in [1.54, 1.807) is 24.3 Å². The first-order valence-corrected chi connectivity index (χ1v) is 12.9. The van der Waals surface area contributed by atoms with Gasteiger partial charge in [0.1, 0.15) is 5.92 Å². The van der Waals surface area contributed by atoms with E-state index < -0.39 is 27.5 Å². The van der Waals surface area contributed by atoms with Crippen molar-refractivity contribution in [3.05, 3.63) is 52.5 Å². The van der Waals surface area contributed by atoms with E-state index in [1.165, 1.54) is 11.4 Å². The molecule has 0 amide bonds. The third-order valence-corrected chi connectivity index (χ3v) is 8.11. The lowest BCUT2D eigenvalue weighted by Crippen LogP contribution is -2.39. The van der Waals surface area contributed by atoms with E-state index in [0.717, 1.165) is 36.6 Å². The molecule has 1 atom stereocenters. The summed E-state index contributed by atoms with van der Waals surface area (Å²) in [5.41, 5.74) is 2.29. The Morgan fingerprint density at radius 2 is 1.78 bits per heavy atom. The standard InChI is InChI=1S/C24H26ClNO5S/c1-15-12-19(16-8-7-9-17(13-16)26(2)32(3,29)30)20(25)14-18(15)21-22(27)24(31-23(21)28)10-5-4-6-11-24/h7-9,12-14,21H,4-6,10-11H2,1-3H3. The second-order valence-corrected chi connectivity index (χ2v) is 11.2. The Kier molecular flexibility index (Phi) is 5.84. The molecule has 0 radical (unpaired) electrons. The van der Waals surface area contributed by atoms with E-state index in [4.69, 9.17) is 16.3 Å². The summed E-state index contributed by atoms with van der Waals surface area (Å²) in [4.78, 5) is 26.0. The van der Waals surface area contributed by atoms with Crippen molar-refractivity contribution in [1.29, 1.82) is 0 Å². The van der Waals surface area contributed by atoms with Gasteiger partial charge >= 0.3 is 5.97 Å². The molecule has 1 spiro atoms. The molecule has 2 aromatic rings. The molecule has 1 saturated heterocycles. The summed E-state index contributed by atoms with van der Waals surface area (Å²) in [6.07, 6.45) is 5.11. The van der Waals surface area contributed by atoms with Crippen LogP contribution >= 0.6 is 11.6 Å². The van der Waals surface area contributed by atoms with Crippen molar-refractivity contribution < 1.29 is 22.7 Å². The van der Waals surface area contributed by atoms with E-state index in [2.05, 4.69) is 0 Å². The van der Waals surface area contributed by atoms with Gasteiger partial charge in [-0.3, -0.25) is 13.9 Å². The number of carbonyl (C=O) groups excluding carboxylic acids is 2. The summed E-state index contributed by atoms with van der Waals surface area (Å²) >= 11 is 6.61. The van der Waals surface area contributed by atoms with Gasteiger partial charge in [0.15, 0.2) is 11.4 Å². The smallest absolute Gasteiger partial charge is 0.322 e. The molecule has 1 aliphatic heterocycles. The van der Waals surface area contributed by atoms with Crippen LogP contribution in [0.5, 0.6) is 0 Å². The number of sulfonamides is 1. The van der Waals surface area contributed by atoms with Crippen LogP contribution in [0.1, 0.15) is 49.1 Å². The lowest BCUT2D eigenvalue weighted by Gasteiger charge is -2.29. The first kappa shape index (κ1) is 22.8. The number of aryl methyl sites for hydroxylation is 1. The number of hydrogen-bond donors (Lipinski definition) is 0. The summed E-state index contributed by atoms with van der Waals surface area (Å²) < 4.78 is 30.7. The highest BCUT2D eigenvalue weighted by atomic mass is 35.5. The molecule has 0 bridgehead atoms. The largest absolute Gasteiger partial charge is 0.450 e. The number of ether oxygens (including phenoxy) is 1. The number of carbonyl (C=O) groups is 2. The van der Waals surface area contributed by atoms with Gasteiger partial charge in [-0.2, -0.15) is 0 Å². The van der Waals surface area contributed by atoms with Gasteiger partial charge in [0, 0.05) is 17.6 Å². The van der Waals surface area contributed by atoms with Crippen molar-refractivity contribution in [2.75, 3.05) is 17.6 Å². The maximum atomic E-state index is 13.3. The maximum Gasteiger partial charge on any atom is 0.322 e. The summed E-state index contributed by atoms with van der Waals surface area (Å²) in [6.45, 7) is 1.84. The van der Waals surface area contributed by atoms with E-state index in [9.17, 15) is 18.0 Å². The molecule has 1 heterocycles. The molecule has 6 nitrogen and oxygen atoms in total. The number of esters is 1. The molecule has 0 aromatic heterocycles. The number of halogens is 1. The van der Waals surface area contributed by atoms with Gasteiger partial charge in [0.25, 0.3) is 0 Å². The number of hydrogen-bond acceptors (Lipinski definition) is 5. The van der Waals surface area contributed by atoms with Crippen LogP contribution < -0.4 is 4.31 Å². The van der Waals surface area contributed by atoms with Crippen molar-refractivity contribution in [1.82, 2.24) is 0 Å². The number of nitrogens with zero attached hydrogens (tertiary/aromatic N) is 1. The topological polar surface area (TPSA) is 80.8 Å². The zero-order valence-corrected chi connectivity index (χ0v) is 19.9. The average Bonchev–Trinajstić information content (AvgIpc) is 2.98. The fraction of sp³-hybridized carbons (Fsp3) is 0.417. The van der Waals surface area contributed by atoms with Crippen LogP contribution in [0, 0.1) is 6.92 Å². The predicted octanol–water partition coefficient (Wildman–Crippen LogP) is 4.62. The van der Waals surface area contributed by atoms with E-state index in [-0.39, 0.29) is 5.78 Å². The highest BCUT2D eigenvalue weighted by Gasteiger charge is 2.55. The Bertz CT molecular complexity index is 1200. The van der Waals surface area contributed by atoms with Gasteiger partial charge in [-0.15, -0.1) is 0 Å². The summed E-state index contributed by atoms with van der Waals surface area (Å²) in [5, 5.41) is 0.384. The molecule has 4 rings (SSSR count). The van der Waals surface area contributed by atoms with Crippen LogP contribution in [0.3, 0.4) is 0 Å². The molecular formula is C24H26ClNO5S. The van der Waals surface area contributed by atoms with Gasteiger partial charge in [-0.25, -0.2) is 8.42 Å². The van der Waals surface area contributed by atoms with Crippen molar-refractivity contribution >= 4 is 39.1 Å². The first-order chi connectivity index (χ1) is 15.0. The second kappa shape index (κ2) is 8.19. The van der Waals surface area contributed by atoms with E-state index in [0.29, 0.717) is 34.7 Å². The van der Waals surface area contributed by atoms with E-state index >= 15 is 0 Å². The molecule has 32 heavy (non-hydrogen) atoms. The van der Waals surface area contributed by atoms with Crippen LogP contribution in [0.2, 0.25) is 5.02 Å². The first-order valence-electron chi connectivity index (χ1n) is 10.6. The predicted molar refractivity (Wildman–Crippen MR) is 125 cm³/mol. The summed E-state index contributed by atoms with van der Waals surface area (Å²) in [7, 11) is -1.92. The normalized spacial score (nSPS) is 20.4. The summed E-state index contributed by atoms with van der Waals surface area (Å²) in [6, 6.07) is 10.6. The van der Waals surface area contributed by atoms with Crippen molar-refractivity contribution in [2.24, 2.45) is 0 Å². The van der Waals surface area contributed by atoms with Crippen molar-refractivity contribution in [3.8, 4) is 11.1 Å². The summed E-state index contributed by atoms with van der Waals surface area (Å²) in [5.74, 6) is -1.62. The molecule has 0 N–H and O–H groups in total. The monoisotopic (exact) mass is 475 g/mol. The number of anilines is 1. The third-order valence-electron chi connectivity index (χ3n) is 6.59. The van der Waals surface area contributed by atoms with Crippen molar-refractivity contribution in [2.45, 2.75) is 50.5 Å². The molecule has 1 aliphatic carbocycles. The minimum absolute atomic E-state index is 0.161. The van der Waals surface area contributed by atoms with Crippen LogP contribution in [-0.2, 0) is 24.3 Å². The minimum atomic E-state index is -3.41. The van der Waals surface area contributed by atoms with Crippen LogP contribution in [0.15, 0.2) is 36.4 Å². The zero-order valence-electron chi connectivity index (χ0n) is 18.4. The second-order valence-electron chi connectivity index (χ2n) is 8.74. The van der Waals surface area contributed by atoms with E-state index in [1.807, 2.05) is 19.1 Å². The van der Waals surface area contributed by atoms with Gasteiger partial charge in [0.2, 0.25) is 10.0 Å². The van der Waals surface area contributed by atoms with Crippen LogP contribution in [0.4, 0.5) is 5.69 Å². The Balaban J connectivity index is 1.71. The fourth-order valence-electron chi connectivity index (χ4n) is 4.70. The number of benzene rings is 2. The SMILES string of the molecule is Cc1cc(-c2cccc(N(C)S(C)(=O)=O)c2)c(Cl)cc1C1C(=O)OC2(CCCCC2)C1=O. The molecular weight excluding hydrogens is 450 g/mol. The fourth-order valence-corrected chi connectivity index (χ4v) is 5.48. The van der Waals surface area contributed by atoms with Gasteiger partial charge in [0.05, 0.1) is 11.9 Å². The Labute approximate surface area is 193 Å². The lowest BCUT2D eigenvalue weighted by atomic mass is 9.77. The quantitative estimate of drug-likeness (QED) is 0.476. The van der Waals surface area contributed by atoms with Crippen LogP contribution in [-0.4, -0.2) is 39.1 Å². The number of rotatable bonds is 4. The Hall–Kier alpha value is -2.38. The Morgan fingerprint density at radius 3 is 2.44 bits per heavy atom.